The maximum Gasteiger partial charge on any atom is 0.203 e. The summed E-state index contributed by atoms with van der Waals surface area (Å²) in [6, 6.07) is 3.33. The summed E-state index contributed by atoms with van der Waals surface area (Å²) in [5.41, 5.74) is 3.10. The highest BCUT2D eigenvalue weighted by Crippen LogP contribution is 2.57. The van der Waals surface area contributed by atoms with Gasteiger partial charge in [-0.3, -0.25) is 0 Å². The Balaban J connectivity index is 2.48. The first-order valence-electron chi connectivity index (χ1n) is 8.39. The SMILES string of the molecule is COc1cc2c(c(C)c1OC)-c1c(cc(OC)c(OC)c1OC)C(O)C2O. The molecule has 0 aromatic heterocycles. The number of ether oxygens (including phenoxy) is 5. The van der Waals surface area contributed by atoms with Crippen LogP contribution in [0.4, 0.5) is 0 Å². The topological polar surface area (TPSA) is 86.6 Å². The van der Waals surface area contributed by atoms with E-state index in [-0.39, 0.29) is 0 Å². The number of methoxy groups -OCH3 is 5. The molecule has 0 bridgehead atoms. The second kappa shape index (κ2) is 7.17. The third kappa shape index (κ3) is 2.65. The third-order valence-corrected chi connectivity index (χ3v) is 4.99. The molecule has 0 spiro atoms. The minimum Gasteiger partial charge on any atom is -0.493 e. The summed E-state index contributed by atoms with van der Waals surface area (Å²) in [4.78, 5) is 0. The van der Waals surface area contributed by atoms with Gasteiger partial charge in [-0.05, 0) is 35.7 Å². The highest BCUT2D eigenvalue weighted by atomic mass is 16.5. The fourth-order valence-corrected chi connectivity index (χ4v) is 3.77. The minimum atomic E-state index is -1.17. The lowest BCUT2D eigenvalue weighted by Gasteiger charge is -2.33. The van der Waals surface area contributed by atoms with Crippen molar-refractivity contribution in [3.8, 4) is 39.9 Å². The molecule has 7 nitrogen and oxygen atoms in total. The number of aliphatic hydroxyl groups is 2. The van der Waals surface area contributed by atoms with E-state index in [4.69, 9.17) is 23.7 Å². The number of rotatable bonds is 5. The molecular formula is C20H24O7. The van der Waals surface area contributed by atoms with Crippen molar-refractivity contribution in [2.45, 2.75) is 19.1 Å². The monoisotopic (exact) mass is 376 g/mol. The van der Waals surface area contributed by atoms with Gasteiger partial charge in [-0.1, -0.05) is 0 Å². The van der Waals surface area contributed by atoms with Crippen LogP contribution < -0.4 is 23.7 Å². The van der Waals surface area contributed by atoms with Crippen LogP contribution in [-0.2, 0) is 0 Å². The van der Waals surface area contributed by atoms with E-state index in [0.29, 0.717) is 51.0 Å². The lowest BCUT2D eigenvalue weighted by Crippen LogP contribution is -2.19. The van der Waals surface area contributed by atoms with Crippen molar-refractivity contribution in [2.75, 3.05) is 35.5 Å². The van der Waals surface area contributed by atoms with E-state index in [9.17, 15) is 10.2 Å². The summed E-state index contributed by atoms with van der Waals surface area (Å²) in [6.07, 6.45) is -2.31. The maximum absolute atomic E-state index is 10.8. The smallest absolute Gasteiger partial charge is 0.203 e. The molecule has 2 aromatic rings. The van der Waals surface area contributed by atoms with Gasteiger partial charge in [0.1, 0.15) is 12.2 Å². The molecule has 2 atom stereocenters. The number of hydrogen-bond donors (Lipinski definition) is 2. The van der Waals surface area contributed by atoms with Crippen molar-refractivity contribution >= 4 is 0 Å². The lowest BCUT2D eigenvalue weighted by molar-refractivity contribution is 0.0153. The highest BCUT2D eigenvalue weighted by Gasteiger charge is 2.38. The molecule has 0 saturated carbocycles. The average Bonchev–Trinajstić information content (AvgIpc) is 2.69. The summed E-state index contributed by atoms with van der Waals surface area (Å²) in [7, 11) is 7.62. The van der Waals surface area contributed by atoms with Gasteiger partial charge < -0.3 is 33.9 Å². The van der Waals surface area contributed by atoms with E-state index >= 15 is 0 Å². The first-order valence-corrected chi connectivity index (χ1v) is 8.39. The molecule has 2 N–H and O–H groups in total. The van der Waals surface area contributed by atoms with Crippen LogP contribution in [-0.4, -0.2) is 45.8 Å². The zero-order chi connectivity index (χ0) is 19.9. The molecule has 2 unspecified atom stereocenters. The Kier molecular flexibility index (Phi) is 5.08. The van der Waals surface area contributed by atoms with Crippen molar-refractivity contribution in [2.24, 2.45) is 0 Å². The number of fused-ring (bicyclic) bond motifs is 3. The Labute approximate surface area is 158 Å². The lowest BCUT2D eigenvalue weighted by atomic mass is 9.78. The Morgan fingerprint density at radius 2 is 1.07 bits per heavy atom. The van der Waals surface area contributed by atoms with Crippen LogP contribution in [0.5, 0.6) is 28.7 Å². The Bertz CT molecular complexity index is 876. The van der Waals surface area contributed by atoms with Crippen LogP contribution in [0.3, 0.4) is 0 Å². The fraction of sp³-hybridized carbons (Fsp3) is 0.400. The van der Waals surface area contributed by atoms with Crippen LogP contribution >= 0.6 is 0 Å². The molecule has 1 aliphatic carbocycles. The molecule has 1 aliphatic rings. The maximum atomic E-state index is 10.8. The Hall–Kier alpha value is -2.64. The molecule has 0 radical (unpaired) electrons. The van der Waals surface area contributed by atoms with Gasteiger partial charge in [0.05, 0.1) is 35.5 Å². The summed E-state index contributed by atoms with van der Waals surface area (Å²) in [5, 5.41) is 21.6. The van der Waals surface area contributed by atoms with Gasteiger partial charge in [0.15, 0.2) is 23.0 Å². The zero-order valence-electron chi connectivity index (χ0n) is 16.2. The number of aliphatic hydroxyl groups excluding tert-OH is 2. The van der Waals surface area contributed by atoms with E-state index in [2.05, 4.69) is 0 Å². The third-order valence-electron chi connectivity index (χ3n) is 4.99. The summed E-state index contributed by atoms with van der Waals surface area (Å²) >= 11 is 0. The molecule has 0 saturated heterocycles. The molecule has 0 aliphatic heterocycles. The van der Waals surface area contributed by atoms with E-state index in [1.165, 1.54) is 28.4 Å². The standard InChI is InChI=1S/C20H24O7/c1-9-14-10(7-12(23-2)18(9)25-4)16(21)17(22)11-8-13(24-3)19(26-5)20(27-6)15(11)14/h7-8,16-17,21-22H,1-6H3. The highest BCUT2D eigenvalue weighted by molar-refractivity contribution is 5.88. The quantitative estimate of drug-likeness (QED) is 0.830. The summed E-state index contributed by atoms with van der Waals surface area (Å²) in [5.74, 6) is 2.24. The summed E-state index contributed by atoms with van der Waals surface area (Å²) < 4.78 is 27.4. The Morgan fingerprint density at radius 1 is 0.630 bits per heavy atom. The first kappa shape index (κ1) is 19.1. The normalized spacial score (nSPS) is 17.6. The van der Waals surface area contributed by atoms with Crippen molar-refractivity contribution in [1.82, 2.24) is 0 Å². The zero-order valence-corrected chi connectivity index (χ0v) is 16.2. The molecule has 0 amide bonds. The van der Waals surface area contributed by atoms with Gasteiger partial charge in [-0.2, -0.15) is 0 Å². The van der Waals surface area contributed by atoms with Crippen molar-refractivity contribution in [1.29, 1.82) is 0 Å². The second-order valence-electron chi connectivity index (χ2n) is 6.20. The Morgan fingerprint density at radius 3 is 1.52 bits per heavy atom. The van der Waals surface area contributed by atoms with Crippen molar-refractivity contribution in [3.63, 3.8) is 0 Å². The van der Waals surface area contributed by atoms with Gasteiger partial charge in [0.25, 0.3) is 0 Å². The van der Waals surface area contributed by atoms with Gasteiger partial charge in [0.2, 0.25) is 5.75 Å². The van der Waals surface area contributed by atoms with Crippen molar-refractivity contribution in [3.05, 3.63) is 28.8 Å². The van der Waals surface area contributed by atoms with Crippen LogP contribution in [0, 0.1) is 6.92 Å². The first-order chi connectivity index (χ1) is 12.9. The molecule has 2 aromatic carbocycles. The largest absolute Gasteiger partial charge is 0.493 e. The van der Waals surface area contributed by atoms with Crippen LogP contribution in [0.25, 0.3) is 11.1 Å². The summed E-state index contributed by atoms with van der Waals surface area (Å²) in [6.45, 7) is 1.87. The van der Waals surface area contributed by atoms with E-state index in [1.807, 2.05) is 6.92 Å². The molecular weight excluding hydrogens is 352 g/mol. The minimum absolute atomic E-state index is 0.404. The average molecular weight is 376 g/mol. The van der Waals surface area contributed by atoms with Crippen LogP contribution in [0.15, 0.2) is 12.1 Å². The van der Waals surface area contributed by atoms with E-state index < -0.39 is 12.2 Å². The number of hydrogen-bond acceptors (Lipinski definition) is 7. The van der Waals surface area contributed by atoms with Crippen LogP contribution in [0.1, 0.15) is 28.9 Å². The second-order valence-corrected chi connectivity index (χ2v) is 6.20. The molecule has 0 fully saturated rings. The predicted octanol–water partition coefficient (Wildman–Crippen LogP) is 2.79. The van der Waals surface area contributed by atoms with Gasteiger partial charge in [-0.25, -0.2) is 0 Å². The van der Waals surface area contributed by atoms with Gasteiger partial charge in [-0.15, -0.1) is 0 Å². The predicted molar refractivity (Wildman–Crippen MR) is 99.3 cm³/mol. The molecule has 27 heavy (non-hydrogen) atoms. The molecule has 3 rings (SSSR count). The van der Waals surface area contributed by atoms with Crippen LogP contribution in [0.2, 0.25) is 0 Å². The fourth-order valence-electron chi connectivity index (χ4n) is 3.77. The number of benzene rings is 2. The van der Waals surface area contributed by atoms with Crippen molar-refractivity contribution < 1.29 is 33.9 Å². The molecule has 7 heteroatoms. The molecule has 0 heterocycles. The molecule has 146 valence electrons. The van der Waals surface area contributed by atoms with E-state index in [0.717, 1.165) is 5.56 Å². The van der Waals surface area contributed by atoms with Gasteiger partial charge >= 0.3 is 0 Å². The van der Waals surface area contributed by atoms with Gasteiger partial charge in [0, 0.05) is 11.1 Å². The van der Waals surface area contributed by atoms with E-state index in [1.54, 1.807) is 19.2 Å².